The number of aromatic nitrogens is 1. The van der Waals surface area contributed by atoms with Crippen LogP contribution in [0.25, 0.3) is 10.9 Å². The molecule has 1 N–H and O–H groups in total. The first-order chi connectivity index (χ1) is 6.58. The number of aryl methyl sites for hydroxylation is 1. The summed E-state index contributed by atoms with van der Waals surface area (Å²) in [4.78, 5) is 4.11. The number of benzene rings is 1. The highest BCUT2D eigenvalue weighted by Gasteiger charge is 2.05. The van der Waals surface area contributed by atoms with Crippen LogP contribution in [0.2, 0.25) is 10.2 Å². The minimum absolute atomic E-state index is 0.0615. The summed E-state index contributed by atoms with van der Waals surface area (Å²) < 4.78 is 0. The molecule has 0 bridgehead atoms. The summed E-state index contributed by atoms with van der Waals surface area (Å²) in [7, 11) is 0. The molecule has 0 saturated carbocycles. The highest BCUT2D eigenvalue weighted by Crippen LogP contribution is 2.30. The summed E-state index contributed by atoms with van der Waals surface area (Å²) in [5, 5.41) is 11.0. The van der Waals surface area contributed by atoms with Crippen molar-refractivity contribution in [3.63, 3.8) is 0 Å². The van der Waals surface area contributed by atoms with Crippen LogP contribution in [0.15, 0.2) is 18.2 Å². The Bertz CT molecular complexity index is 511. The molecule has 72 valence electrons. The Balaban J connectivity index is 2.89. The van der Waals surface area contributed by atoms with Crippen molar-refractivity contribution in [3.05, 3.63) is 33.9 Å². The van der Waals surface area contributed by atoms with Crippen LogP contribution < -0.4 is 0 Å². The lowest BCUT2D eigenvalue weighted by molar-refractivity contribution is 0.476. The molecular weight excluding hydrogens is 221 g/mol. The third kappa shape index (κ3) is 1.51. The molecule has 0 saturated heterocycles. The number of phenolic OH excluding ortho intramolecular Hbond substituents is 1. The molecule has 2 nitrogen and oxygen atoms in total. The van der Waals surface area contributed by atoms with Crippen molar-refractivity contribution >= 4 is 34.1 Å². The highest BCUT2D eigenvalue weighted by molar-refractivity contribution is 6.33. The molecule has 0 amide bonds. The molecule has 0 spiro atoms. The second-order valence-electron chi connectivity index (χ2n) is 3.08. The van der Waals surface area contributed by atoms with E-state index in [-0.39, 0.29) is 10.8 Å². The van der Waals surface area contributed by atoms with Gasteiger partial charge in [-0.25, -0.2) is 4.98 Å². The predicted octanol–water partition coefficient (Wildman–Crippen LogP) is 3.56. The smallest absolute Gasteiger partial charge is 0.134 e. The number of rotatable bonds is 0. The topological polar surface area (TPSA) is 33.1 Å². The number of nitrogens with zero attached hydrogens (tertiary/aromatic N) is 1. The number of fused-ring (bicyclic) bond motifs is 1. The Morgan fingerprint density at radius 3 is 2.64 bits per heavy atom. The highest BCUT2D eigenvalue weighted by atomic mass is 35.5. The first kappa shape index (κ1) is 9.56. The maximum Gasteiger partial charge on any atom is 0.134 e. The van der Waals surface area contributed by atoms with E-state index in [1.165, 1.54) is 0 Å². The second-order valence-corrected chi connectivity index (χ2v) is 3.88. The number of halogens is 2. The summed E-state index contributed by atoms with van der Waals surface area (Å²) >= 11 is 11.6. The van der Waals surface area contributed by atoms with Crippen LogP contribution >= 0.6 is 23.2 Å². The van der Waals surface area contributed by atoms with Crippen molar-refractivity contribution < 1.29 is 5.11 Å². The molecule has 0 unspecified atom stereocenters. The largest absolute Gasteiger partial charge is 0.506 e. The number of phenols is 1. The number of hydrogen-bond donors (Lipinski definition) is 1. The van der Waals surface area contributed by atoms with Gasteiger partial charge in [0.2, 0.25) is 0 Å². The average molecular weight is 228 g/mol. The molecule has 0 aliphatic carbocycles. The molecule has 1 aromatic carbocycles. The van der Waals surface area contributed by atoms with Crippen LogP contribution in [-0.4, -0.2) is 10.1 Å². The molecule has 0 aliphatic heterocycles. The van der Waals surface area contributed by atoms with Crippen molar-refractivity contribution in [3.8, 4) is 5.75 Å². The first-order valence-corrected chi connectivity index (χ1v) is 4.79. The van der Waals surface area contributed by atoms with E-state index in [2.05, 4.69) is 4.98 Å². The van der Waals surface area contributed by atoms with Crippen molar-refractivity contribution in [2.45, 2.75) is 6.92 Å². The van der Waals surface area contributed by atoms with E-state index < -0.39 is 0 Å². The van der Waals surface area contributed by atoms with E-state index in [1.54, 1.807) is 18.2 Å². The summed E-state index contributed by atoms with van der Waals surface area (Å²) in [6.45, 7) is 1.91. The Hall–Kier alpha value is -0.990. The first-order valence-electron chi connectivity index (χ1n) is 4.03. The Labute approximate surface area is 91.1 Å². The van der Waals surface area contributed by atoms with Crippen LogP contribution in [0, 0.1) is 6.92 Å². The van der Waals surface area contributed by atoms with Gasteiger partial charge in [-0.1, -0.05) is 23.2 Å². The fourth-order valence-electron chi connectivity index (χ4n) is 1.36. The van der Waals surface area contributed by atoms with Gasteiger partial charge in [-0.2, -0.15) is 0 Å². The van der Waals surface area contributed by atoms with E-state index in [9.17, 15) is 5.11 Å². The molecule has 2 rings (SSSR count). The van der Waals surface area contributed by atoms with Gasteiger partial charge in [-0.15, -0.1) is 0 Å². The maximum atomic E-state index is 9.42. The third-order valence-electron chi connectivity index (χ3n) is 2.05. The van der Waals surface area contributed by atoms with Crippen molar-refractivity contribution in [2.75, 3.05) is 0 Å². The van der Waals surface area contributed by atoms with E-state index in [1.807, 2.05) is 6.92 Å². The summed E-state index contributed by atoms with van der Waals surface area (Å²) in [5.74, 6) is 0.0615. The van der Waals surface area contributed by atoms with Gasteiger partial charge >= 0.3 is 0 Å². The zero-order valence-corrected chi connectivity index (χ0v) is 8.89. The molecule has 1 heterocycles. The van der Waals surface area contributed by atoms with E-state index >= 15 is 0 Å². The molecule has 0 fully saturated rings. The van der Waals surface area contributed by atoms with Gasteiger partial charge in [0.1, 0.15) is 10.9 Å². The quantitative estimate of drug-likeness (QED) is 0.699. The predicted molar refractivity (Wildman–Crippen MR) is 58.2 cm³/mol. The maximum absolute atomic E-state index is 9.42. The molecule has 0 radical (unpaired) electrons. The number of aromatic hydroxyl groups is 1. The fraction of sp³-hybridized carbons (Fsp3) is 0.100. The average Bonchev–Trinajstić information content (AvgIpc) is 2.08. The molecule has 14 heavy (non-hydrogen) atoms. The molecule has 2 aromatic rings. The molecule has 0 atom stereocenters. The van der Waals surface area contributed by atoms with Crippen molar-refractivity contribution in [2.24, 2.45) is 0 Å². The molecular formula is C10H7Cl2NO. The second kappa shape index (κ2) is 3.30. The van der Waals surface area contributed by atoms with Crippen LogP contribution in [0.1, 0.15) is 5.56 Å². The molecule has 1 aromatic heterocycles. The summed E-state index contributed by atoms with van der Waals surface area (Å²) in [5.41, 5.74) is 1.66. The lowest BCUT2D eigenvalue weighted by atomic mass is 10.1. The van der Waals surface area contributed by atoms with Crippen LogP contribution in [0.4, 0.5) is 0 Å². The van der Waals surface area contributed by atoms with Gasteiger partial charge in [0.15, 0.2) is 0 Å². The van der Waals surface area contributed by atoms with E-state index in [4.69, 9.17) is 23.2 Å². The van der Waals surface area contributed by atoms with Gasteiger partial charge in [0.25, 0.3) is 0 Å². The van der Waals surface area contributed by atoms with E-state index in [0.29, 0.717) is 10.7 Å². The minimum atomic E-state index is 0.0615. The van der Waals surface area contributed by atoms with Gasteiger partial charge < -0.3 is 5.11 Å². The Morgan fingerprint density at radius 2 is 1.93 bits per heavy atom. The summed E-state index contributed by atoms with van der Waals surface area (Å²) in [6.07, 6.45) is 0. The molecule has 4 heteroatoms. The standard InChI is InChI=1S/C10H7Cl2NO/c1-5-2-10(12)13-8-4-7(11)9(14)3-6(5)8/h2-4,14H,1H3. The van der Waals surface area contributed by atoms with Gasteiger partial charge in [0, 0.05) is 5.39 Å². The zero-order valence-electron chi connectivity index (χ0n) is 7.38. The van der Waals surface area contributed by atoms with Gasteiger partial charge in [0.05, 0.1) is 10.5 Å². The van der Waals surface area contributed by atoms with Crippen LogP contribution in [0.5, 0.6) is 5.75 Å². The Kier molecular flexibility index (Phi) is 2.25. The van der Waals surface area contributed by atoms with Gasteiger partial charge in [-0.3, -0.25) is 0 Å². The van der Waals surface area contributed by atoms with Crippen molar-refractivity contribution in [1.29, 1.82) is 0 Å². The normalized spacial score (nSPS) is 10.8. The Morgan fingerprint density at radius 1 is 1.21 bits per heavy atom. The lowest BCUT2D eigenvalue weighted by Gasteiger charge is -2.04. The monoisotopic (exact) mass is 227 g/mol. The van der Waals surface area contributed by atoms with E-state index in [0.717, 1.165) is 10.9 Å². The zero-order chi connectivity index (χ0) is 10.3. The SMILES string of the molecule is Cc1cc(Cl)nc2cc(Cl)c(O)cc12. The van der Waals surface area contributed by atoms with Crippen LogP contribution in [-0.2, 0) is 0 Å². The third-order valence-corrected chi connectivity index (χ3v) is 2.55. The van der Waals surface area contributed by atoms with Crippen LogP contribution in [0.3, 0.4) is 0 Å². The lowest BCUT2D eigenvalue weighted by Crippen LogP contribution is -1.84. The number of hydrogen-bond acceptors (Lipinski definition) is 2. The van der Waals surface area contributed by atoms with Gasteiger partial charge in [-0.05, 0) is 30.7 Å². The summed E-state index contributed by atoms with van der Waals surface area (Å²) in [6, 6.07) is 4.94. The fourth-order valence-corrected chi connectivity index (χ4v) is 1.78. The minimum Gasteiger partial charge on any atom is -0.506 e. The van der Waals surface area contributed by atoms with Crippen molar-refractivity contribution in [1.82, 2.24) is 4.98 Å². The molecule has 0 aliphatic rings. The number of pyridine rings is 1.